The molecule has 0 fully saturated rings. The molecule has 3 rings (SSSR count). The summed E-state index contributed by atoms with van der Waals surface area (Å²) in [6.45, 7) is 0. The van der Waals surface area contributed by atoms with Gasteiger partial charge in [0.1, 0.15) is 5.75 Å². The Bertz CT molecular complexity index is 808. The lowest BCUT2D eigenvalue weighted by Gasteiger charge is -2.07. The van der Waals surface area contributed by atoms with Crippen molar-refractivity contribution < 1.29 is 9.53 Å². The van der Waals surface area contributed by atoms with Gasteiger partial charge in [-0.25, -0.2) is 9.97 Å². The smallest absolute Gasteiger partial charge is 0.322 e. The van der Waals surface area contributed by atoms with Crippen molar-refractivity contribution in [2.24, 2.45) is 0 Å². The van der Waals surface area contributed by atoms with E-state index in [1.54, 1.807) is 6.07 Å². The number of ether oxygens (including phenoxy) is 1. The van der Waals surface area contributed by atoms with Crippen molar-refractivity contribution in [1.82, 2.24) is 9.97 Å². The van der Waals surface area contributed by atoms with Crippen molar-refractivity contribution in [2.75, 3.05) is 5.32 Å². The topological polar surface area (TPSA) is 64.1 Å². The molecule has 0 aliphatic heterocycles. The minimum absolute atomic E-state index is 0.199. The SMILES string of the molecule is O=C(Nc1cnc(Oc2ccccc2)nc1)c1ccccc1I. The molecule has 23 heavy (non-hydrogen) atoms. The van der Waals surface area contributed by atoms with Crippen LogP contribution in [0.25, 0.3) is 0 Å². The third-order valence-corrected chi connectivity index (χ3v) is 3.90. The molecule has 1 heterocycles. The van der Waals surface area contributed by atoms with Gasteiger partial charge in [-0.2, -0.15) is 0 Å². The number of hydrogen-bond acceptors (Lipinski definition) is 4. The van der Waals surface area contributed by atoms with Gasteiger partial charge in [0, 0.05) is 3.57 Å². The third-order valence-electron chi connectivity index (χ3n) is 2.96. The largest absolute Gasteiger partial charge is 0.424 e. The number of benzene rings is 2. The first kappa shape index (κ1) is 15.4. The molecule has 114 valence electrons. The molecule has 5 nitrogen and oxygen atoms in total. The molecule has 0 spiro atoms. The lowest BCUT2D eigenvalue weighted by atomic mass is 10.2. The van der Waals surface area contributed by atoms with Gasteiger partial charge >= 0.3 is 6.01 Å². The lowest BCUT2D eigenvalue weighted by molar-refractivity contribution is 0.102. The third kappa shape index (κ3) is 4.04. The van der Waals surface area contributed by atoms with Crippen molar-refractivity contribution in [3.63, 3.8) is 0 Å². The fourth-order valence-corrected chi connectivity index (χ4v) is 2.50. The van der Waals surface area contributed by atoms with Gasteiger partial charge in [0.25, 0.3) is 5.91 Å². The number of amides is 1. The highest BCUT2D eigenvalue weighted by Gasteiger charge is 2.10. The maximum Gasteiger partial charge on any atom is 0.322 e. The normalized spacial score (nSPS) is 10.1. The van der Waals surface area contributed by atoms with Gasteiger partial charge in [0.05, 0.1) is 23.6 Å². The summed E-state index contributed by atoms with van der Waals surface area (Å²) in [5, 5.41) is 2.77. The van der Waals surface area contributed by atoms with Gasteiger partial charge in [0.2, 0.25) is 0 Å². The highest BCUT2D eigenvalue weighted by Crippen LogP contribution is 2.18. The first-order valence-corrected chi connectivity index (χ1v) is 7.91. The van der Waals surface area contributed by atoms with Gasteiger partial charge in [-0.05, 0) is 46.9 Å². The predicted molar refractivity (Wildman–Crippen MR) is 95.7 cm³/mol. The number of carbonyl (C=O) groups excluding carboxylic acids is 1. The number of nitrogens with one attached hydrogen (secondary N) is 1. The summed E-state index contributed by atoms with van der Waals surface area (Å²) in [5.74, 6) is 0.457. The molecule has 1 N–H and O–H groups in total. The minimum Gasteiger partial charge on any atom is -0.424 e. The van der Waals surface area contributed by atoms with Gasteiger partial charge in [-0.3, -0.25) is 4.79 Å². The number of anilines is 1. The molecule has 1 aromatic heterocycles. The molecule has 0 aliphatic rings. The number of aromatic nitrogens is 2. The molecule has 0 saturated carbocycles. The molecule has 1 amide bonds. The van der Waals surface area contributed by atoms with E-state index in [0.717, 1.165) is 3.57 Å². The maximum atomic E-state index is 12.2. The zero-order valence-electron chi connectivity index (χ0n) is 11.9. The standard InChI is InChI=1S/C17H12IN3O2/c18-15-9-5-4-8-14(15)16(22)21-12-10-19-17(20-11-12)23-13-6-2-1-3-7-13/h1-11H,(H,21,22). The molecule has 2 aromatic carbocycles. The van der Waals surface area contributed by atoms with Gasteiger partial charge in [-0.1, -0.05) is 30.3 Å². The molecule has 0 radical (unpaired) electrons. The number of rotatable bonds is 4. The van der Waals surface area contributed by atoms with E-state index in [4.69, 9.17) is 4.74 Å². The average molecular weight is 417 g/mol. The van der Waals surface area contributed by atoms with Crippen molar-refractivity contribution in [3.8, 4) is 11.8 Å². The van der Waals surface area contributed by atoms with Crippen LogP contribution in [-0.2, 0) is 0 Å². The first-order valence-electron chi connectivity index (χ1n) is 6.83. The molecule has 0 unspecified atom stereocenters. The van der Waals surface area contributed by atoms with E-state index in [9.17, 15) is 4.79 Å². The van der Waals surface area contributed by atoms with Crippen LogP contribution in [0.4, 0.5) is 5.69 Å². The van der Waals surface area contributed by atoms with Crippen molar-refractivity contribution in [1.29, 1.82) is 0 Å². The Labute approximate surface area is 146 Å². The predicted octanol–water partition coefficient (Wildman–Crippen LogP) is 4.13. The van der Waals surface area contributed by atoms with E-state index in [2.05, 4.69) is 37.9 Å². The summed E-state index contributed by atoms with van der Waals surface area (Å²) in [4.78, 5) is 20.4. The second-order valence-electron chi connectivity index (χ2n) is 4.60. The van der Waals surface area contributed by atoms with Crippen LogP contribution in [0.15, 0.2) is 67.0 Å². The lowest BCUT2D eigenvalue weighted by Crippen LogP contribution is -2.13. The Balaban J connectivity index is 1.68. The second kappa shape index (κ2) is 7.19. The fourth-order valence-electron chi connectivity index (χ4n) is 1.87. The van der Waals surface area contributed by atoms with Crippen molar-refractivity contribution >= 4 is 34.2 Å². The molecule has 6 heteroatoms. The Kier molecular flexibility index (Phi) is 4.82. The van der Waals surface area contributed by atoms with Crippen LogP contribution in [-0.4, -0.2) is 15.9 Å². The number of halogens is 1. The van der Waals surface area contributed by atoms with E-state index in [1.165, 1.54) is 12.4 Å². The molecule has 0 saturated heterocycles. The zero-order valence-corrected chi connectivity index (χ0v) is 14.1. The molecule has 3 aromatic rings. The number of para-hydroxylation sites is 1. The van der Waals surface area contributed by atoms with Crippen LogP contribution in [0, 0.1) is 3.57 Å². The van der Waals surface area contributed by atoms with Gasteiger partial charge in [-0.15, -0.1) is 0 Å². The molecular formula is C17H12IN3O2. The number of carbonyl (C=O) groups is 1. The van der Waals surface area contributed by atoms with Crippen LogP contribution in [0.1, 0.15) is 10.4 Å². The number of hydrogen-bond donors (Lipinski definition) is 1. The van der Waals surface area contributed by atoms with Crippen molar-refractivity contribution in [2.45, 2.75) is 0 Å². The van der Waals surface area contributed by atoms with Crippen LogP contribution < -0.4 is 10.1 Å². The molecule has 0 bridgehead atoms. The minimum atomic E-state index is -0.199. The summed E-state index contributed by atoms with van der Waals surface area (Å²) in [6, 6.07) is 16.8. The fraction of sp³-hybridized carbons (Fsp3) is 0. The summed E-state index contributed by atoms with van der Waals surface area (Å²) >= 11 is 2.12. The Morgan fingerprint density at radius 3 is 2.30 bits per heavy atom. The quantitative estimate of drug-likeness (QED) is 0.649. The Morgan fingerprint density at radius 2 is 1.61 bits per heavy atom. The first-order chi connectivity index (χ1) is 11.2. The van der Waals surface area contributed by atoms with Crippen LogP contribution in [0.3, 0.4) is 0 Å². The van der Waals surface area contributed by atoms with Gasteiger partial charge < -0.3 is 10.1 Å². The van der Waals surface area contributed by atoms with E-state index in [-0.39, 0.29) is 11.9 Å². The summed E-state index contributed by atoms with van der Waals surface area (Å²) in [5.41, 5.74) is 1.12. The van der Waals surface area contributed by atoms with E-state index in [1.807, 2.05) is 48.5 Å². The summed E-state index contributed by atoms with van der Waals surface area (Å²) in [7, 11) is 0. The van der Waals surface area contributed by atoms with Gasteiger partial charge in [0.15, 0.2) is 0 Å². The zero-order chi connectivity index (χ0) is 16.1. The van der Waals surface area contributed by atoms with Crippen molar-refractivity contribution in [3.05, 3.63) is 76.1 Å². The summed E-state index contributed by atoms with van der Waals surface area (Å²) in [6.07, 6.45) is 3.03. The van der Waals surface area contributed by atoms with E-state index >= 15 is 0 Å². The maximum absolute atomic E-state index is 12.2. The Morgan fingerprint density at radius 1 is 0.957 bits per heavy atom. The van der Waals surface area contributed by atoms with E-state index < -0.39 is 0 Å². The Hall–Kier alpha value is -2.48. The van der Waals surface area contributed by atoms with Crippen LogP contribution >= 0.6 is 22.6 Å². The monoisotopic (exact) mass is 417 g/mol. The molecule has 0 aliphatic carbocycles. The second-order valence-corrected chi connectivity index (χ2v) is 5.77. The highest BCUT2D eigenvalue weighted by atomic mass is 127. The van der Waals surface area contributed by atoms with E-state index in [0.29, 0.717) is 17.0 Å². The van der Waals surface area contributed by atoms with Crippen LogP contribution in [0.5, 0.6) is 11.8 Å². The van der Waals surface area contributed by atoms with Crippen LogP contribution in [0.2, 0.25) is 0 Å². The highest BCUT2D eigenvalue weighted by molar-refractivity contribution is 14.1. The molecule has 0 atom stereocenters. The molecular weight excluding hydrogens is 405 g/mol. The average Bonchev–Trinajstić information content (AvgIpc) is 2.58. The number of nitrogens with zero attached hydrogens (tertiary/aromatic N) is 2. The summed E-state index contributed by atoms with van der Waals surface area (Å²) < 4.78 is 6.39.